The maximum atomic E-state index is 14.5. The highest BCUT2D eigenvalue weighted by molar-refractivity contribution is 6.32. The van der Waals surface area contributed by atoms with Crippen LogP contribution in [0.25, 0.3) is 0 Å². The number of likely N-dealkylation sites (N-methyl/N-ethyl adjacent to an activating group) is 1. The number of hydrogen-bond acceptors (Lipinski definition) is 14. The van der Waals surface area contributed by atoms with E-state index in [9.17, 15) is 63.6 Å². The van der Waals surface area contributed by atoms with Crippen molar-refractivity contribution in [1.29, 1.82) is 0 Å². The van der Waals surface area contributed by atoms with Crippen LogP contribution in [0.1, 0.15) is 93.1 Å². The fraction of sp³-hybridized carbons (Fsp3) is 0.659. The van der Waals surface area contributed by atoms with E-state index in [-0.39, 0.29) is 48.8 Å². The number of nitrogens with zero attached hydrogens (tertiary/aromatic N) is 2. The topological polar surface area (TPSA) is 322 Å². The second-order valence-electron chi connectivity index (χ2n) is 17.9. The first kappa shape index (κ1) is 55.7. The van der Waals surface area contributed by atoms with Crippen LogP contribution in [0.15, 0.2) is 18.2 Å². The lowest BCUT2D eigenvalue weighted by Crippen LogP contribution is -2.67. The van der Waals surface area contributed by atoms with E-state index in [0.29, 0.717) is 12.0 Å². The predicted molar refractivity (Wildman–Crippen MR) is 240 cm³/mol. The number of phenolic OH excluding ortho intramolecular Hbond substituents is 1. The number of carbonyl (C=O) groups is 9. The van der Waals surface area contributed by atoms with E-state index in [2.05, 4.69) is 31.9 Å². The maximum Gasteiger partial charge on any atom is 0.328 e. The Hall–Kier alpha value is -5.58. The fourth-order valence-electron chi connectivity index (χ4n) is 7.57. The molecule has 2 fully saturated rings. The lowest BCUT2D eigenvalue weighted by Gasteiger charge is -2.43. The monoisotopic (exact) mass is 966 g/mol. The first-order valence-corrected chi connectivity index (χ1v) is 22.7. The molecule has 0 aliphatic carbocycles. The molecule has 1 aromatic carbocycles. The van der Waals surface area contributed by atoms with Crippen LogP contribution in [0.3, 0.4) is 0 Å². The van der Waals surface area contributed by atoms with Gasteiger partial charge in [-0.25, -0.2) is 4.79 Å². The predicted octanol–water partition coefficient (Wildman–Crippen LogP) is -1.53. The molecule has 0 saturated carbocycles. The number of ether oxygens (including phenoxy) is 1. The Labute approximate surface area is 394 Å². The average Bonchev–Trinajstić information content (AvgIpc) is 3.24. The molecule has 2 heterocycles. The van der Waals surface area contributed by atoms with Crippen LogP contribution in [-0.2, 0) is 54.3 Å². The van der Waals surface area contributed by atoms with Gasteiger partial charge in [0.05, 0.1) is 17.2 Å². The van der Waals surface area contributed by atoms with Crippen molar-refractivity contribution in [3.05, 3.63) is 28.8 Å². The van der Waals surface area contributed by atoms with E-state index in [0.717, 1.165) is 9.80 Å². The quantitative estimate of drug-likeness (QED) is 0.0948. The third-order valence-corrected chi connectivity index (χ3v) is 11.7. The van der Waals surface area contributed by atoms with Gasteiger partial charge in [-0.3, -0.25) is 38.4 Å². The van der Waals surface area contributed by atoms with Crippen LogP contribution in [0.4, 0.5) is 0 Å². The van der Waals surface area contributed by atoms with E-state index in [1.807, 2.05) is 0 Å². The van der Waals surface area contributed by atoms with Crippen molar-refractivity contribution in [2.24, 2.45) is 11.8 Å². The molecule has 1 aromatic rings. The second kappa shape index (κ2) is 25.0. The maximum absolute atomic E-state index is 14.5. The summed E-state index contributed by atoms with van der Waals surface area (Å²) in [6.45, 7) is 11.2. The van der Waals surface area contributed by atoms with Crippen molar-refractivity contribution in [1.82, 2.24) is 41.7 Å². The van der Waals surface area contributed by atoms with Gasteiger partial charge in [-0.2, -0.15) is 0 Å². The summed E-state index contributed by atoms with van der Waals surface area (Å²) < 4.78 is 5.58. The van der Waals surface area contributed by atoms with Crippen molar-refractivity contribution >= 4 is 64.8 Å². The highest BCUT2D eigenvalue weighted by Crippen LogP contribution is 2.27. The molecule has 2 bridgehead atoms. The Bertz CT molecular complexity index is 1980. The lowest BCUT2D eigenvalue weighted by molar-refractivity contribution is -0.170. The summed E-state index contributed by atoms with van der Waals surface area (Å²) >= 11 is 6.18. The zero-order valence-electron chi connectivity index (χ0n) is 39.3. The zero-order chi connectivity index (χ0) is 50.6. The number of halogens is 1. The highest BCUT2D eigenvalue weighted by atomic mass is 35.5. The summed E-state index contributed by atoms with van der Waals surface area (Å²) in [6, 6.07) is -8.29. The average molecular weight is 968 g/mol. The number of esters is 1. The molecule has 0 aromatic heterocycles. The van der Waals surface area contributed by atoms with Crippen LogP contribution in [0.5, 0.6) is 5.75 Å². The van der Waals surface area contributed by atoms with Gasteiger partial charge in [0.15, 0.2) is 0 Å². The van der Waals surface area contributed by atoms with Crippen LogP contribution >= 0.6 is 11.6 Å². The number of aliphatic hydroxyl groups is 3. The molecule has 2 aliphatic rings. The Morgan fingerprint density at radius 2 is 1.54 bits per heavy atom. The number of aliphatic hydroxyl groups excluding tert-OH is 3. The van der Waals surface area contributed by atoms with Crippen molar-refractivity contribution in [3.63, 3.8) is 0 Å². The van der Waals surface area contributed by atoms with Crippen molar-refractivity contribution in [2.45, 2.75) is 161 Å². The van der Waals surface area contributed by atoms with Crippen LogP contribution < -0.4 is 31.9 Å². The van der Waals surface area contributed by atoms with Gasteiger partial charge >= 0.3 is 5.97 Å². The number of aromatic hydroxyl groups is 1. The summed E-state index contributed by atoms with van der Waals surface area (Å²) in [5.74, 6) is -9.69. The van der Waals surface area contributed by atoms with E-state index in [4.69, 9.17) is 16.3 Å². The molecule has 374 valence electrons. The highest BCUT2D eigenvalue weighted by Gasteiger charge is 2.47. The largest absolute Gasteiger partial charge is 0.506 e. The van der Waals surface area contributed by atoms with Gasteiger partial charge in [0, 0.05) is 19.9 Å². The normalized spacial score (nSPS) is 25.6. The number of phenols is 1. The molecule has 2 aliphatic heterocycles. The number of fused-ring (bicyclic) bond motifs is 2. The first-order chi connectivity index (χ1) is 31.3. The first-order valence-electron chi connectivity index (χ1n) is 22.4. The van der Waals surface area contributed by atoms with Gasteiger partial charge in [0.25, 0.3) is 0 Å². The van der Waals surface area contributed by atoms with Crippen molar-refractivity contribution in [2.75, 3.05) is 13.7 Å². The Morgan fingerprint density at radius 3 is 2.10 bits per heavy atom. The molecular formula is C44H67ClN8O14. The number of nitrogens with one attached hydrogen (secondary N) is 6. The van der Waals surface area contributed by atoms with Gasteiger partial charge in [0.2, 0.25) is 47.3 Å². The third-order valence-electron chi connectivity index (χ3n) is 11.4. The van der Waals surface area contributed by atoms with Gasteiger partial charge in [-0.05, 0) is 76.0 Å². The molecular weight excluding hydrogens is 900 g/mol. The molecule has 11 atom stereocenters. The minimum absolute atomic E-state index is 0.0338. The molecule has 2 saturated heterocycles. The molecule has 2 unspecified atom stereocenters. The standard InChI is InChI=1S/C44H67ClN8O14/c1-10-11-32(57)46-22(6)37(59)51-35(23(7)54)41(63)49-29-19-67-44(66)34(21(4)5)50-40(62)30(18-25-12-14-31(56)26(45)17-25)52(9)43(65)36(24(8)55)53-33(58)15-13-27(42(53)64)47-38(60)28(16-20(2)3)48-39(29)61/h12,14,17,20-24,27-30,33-36,54-56,58H,10-11,13,15-16,18-19H2,1-9H3,(H,46,57)(H,47,60)(H,48,61)(H,49,63)(H,50,62)(H,51,59)/t22-,23?,24?,27+,28-,29-,30-,33+,34-,35-,36-/m0/s1. The minimum Gasteiger partial charge on any atom is -0.506 e. The number of cyclic esters (lactones) is 1. The van der Waals surface area contributed by atoms with Crippen LogP contribution in [-0.4, -0.2) is 164 Å². The van der Waals surface area contributed by atoms with Gasteiger partial charge < -0.3 is 66.9 Å². The van der Waals surface area contributed by atoms with E-state index >= 15 is 0 Å². The van der Waals surface area contributed by atoms with E-state index < -0.39 is 133 Å². The summed E-state index contributed by atoms with van der Waals surface area (Å²) in [5, 5.41) is 57.8. The molecule has 23 heteroatoms. The summed E-state index contributed by atoms with van der Waals surface area (Å²) in [4.78, 5) is 126. The van der Waals surface area contributed by atoms with Gasteiger partial charge in [-0.1, -0.05) is 52.3 Å². The summed E-state index contributed by atoms with van der Waals surface area (Å²) in [6.07, 6.45) is -4.89. The SMILES string of the molecule is CCCC(=O)N[C@@H](C)C(=O)N[C@H](C(=O)N[C@H]1COC(=O)[C@H](C(C)C)NC(=O)[C@H](Cc2ccc(O)c(Cl)c2)N(C)C(=O)[C@H](C(C)O)N2C(=O)[C@@H](CC[C@H]2O)NC(=O)[C@H](CC(C)C)NC1=O)C(C)O. The fourth-order valence-corrected chi connectivity index (χ4v) is 7.77. The Morgan fingerprint density at radius 1 is 0.881 bits per heavy atom. The summed E-state index contributed by atoms with van der Waals surface area (Å²) in [7, 11) is 1.21. The molecule has 8 amide bonds. The number of carbonyl (C=O) groups excluding carboxylic acids is 9. The molecule has 0 spiro atoms. The molecule has 10 N–H and O–H groups in total. The minimum atomic E-state index is -1.83. The smallest absolute Gasteiger partial charge is 0.328 e. The molecule has 67 heavy (non-hydrogen) atoms. The van der Waals surface area contributed by atoms with Crippen LogP contribution in [0, 0.1) is 11.8 Å². The molecule has 3 rings (SSSR count). The van der Waals surface area contributed by atoms with Crippen molar-refractivity contribution in [3.8, 4) is 5.75 Å². The Balaban J connectivity index is 2.16. The summed E-state index contributed by atoms with van der Waals surface area (Å²) in [5.41, 5.74) is 0.332. The second-order valence-corrected chi connectivity index (χ2v) is 18.3. The number of amides is 8. The van der Waals surface area contributed by atoms with Crippen LogP contribution in [0.2, 0.25) is 5.02 Å². The third kappa shape index (κ3) is 15.2. The van der Waals surface area contributed by atoms with Gasteiger partial charge in [0.1, 0.15) is 66.9 Å². The van der Waals surface area contributed by atoms with E-state index in [1.54, 1.807) is 34.6 Å². The molecule has 0 radical (unpaired) electrons. The number of piperidine rings is 1. The number of benzene rings is 1. The Kier molecular flexibility index (Phi) is 20.8. The van der Waals surface area contributed by atoms with Crippen molar-refractivity contribution < 1.29 is 68.3 Å². The van der Waals surface area contributed by atoms with E-state index in [1.165, 1.54) is 46.0 Å². The zero-order valence-corrected chi connectivity index (χ0v) is 40.1. The number of rotatable bonds is 14. The number of hydrogen-bond donors (Lipinski definition) is 10. The van der Waals surface area contributed by atoms with Gasteiger partial charge in [-0.15, -0.1) is 0 Å². The lowest BCUT2D eigenvalue weighted by atomic mass is 9.96. The molecule has 22 nitrogen and oxygen atoms in total.